The molecule has 39 heavy (non-hydrogen) atoms. The number of hydrogen-bond acceptors (Lipinski definition) is 5. The second kappa shape index (κ2) is 10.2. The summed E-state index contributed by atoms with van der Waals surface area (Å²) in [5.74, 6) is 0. The number of thiazole rings is 1. The highest BCUT2D eigenvalue weighted by atomic mass is 32.1. The van der Waals surface area contributed by atoms with Crippen LogP contribution in [0.2, 0.25) is 0 Å². The van der Waals surface area contributed by atoms with Crippen molar-refractivity contribution in [2.75, 3.05) is 9.91 Å². The van der Waals surface area contributed by atoms with Crippen molar-refractivity contribution in [1.29, 1.82) is 0 Å². The molecule has 1 unspecified atom stereocenters. The fourth-order valence-electron chi connectivity index (χ4n) is 5.16. The van der Waals surface area contributed by atoms with Crippen molar-refractivity contribution < 1.29 is 0 Å². The van der Waals surface area contributed by atoms with Crippen LogP contribution in [0, 0.1) is 0 Å². The number of rotatable bonds is 6. The van der Waals surface area contributed by atoms with E-state index in [4.69, 9.17) is 10.1 Å². The summed E-state index contributed by atoms with van der Waals surface area (Å²) in [6, 6.07) is 48.7. The first kappa shape index (κ1) is 23.4. The Morgan fingerprint density at radius 2 is 1.18 bits per heavy atom. The first-order chi connectivity index (χ1) is 19.3. The second-order valence-corrected chi connectivity index (χ2v) is 10.5. The lowest BCUT2D eigenvalue weighted by atomic mass is 9.98. The van der Waals surface area contributed by atoms with Crippen LogP contribution in [0.3, 0.4) is 0 Å². The molecule has 0 fully saturated rings. The van der Waals surface area contributed by atoms with Crippen LogP contribution >= 0.6 is 11.3 Å². The van der Waals surface area contributed by atoms with Crippen molar-refractivity contribution in [2.24, 2.45) is 5.10 Å². The largest absolute Gasteiger partial charge is 0.311 e. The van der Waals surface area contributed by atoms with Crippen molar-refractivity contribution in [3.63, 3.8) is 0 Å². The highest BCUT2D eigenvalue weighted by molar-refractivity contribution is 7.22. The van der Waals surface area contributed by atoms with E-state index in [1.807, 2.05) is 12.1 Å². The quantitative estimate of drug-likeness (QED) is 0.219. The summed E-state index contributed by atoms with van der Waals surface area (Å²) in [7, 11) is 0. The summed E-state index contributed by atoms with van der Waals surface area (Å²) in [5.41, 5.74) is 7.84. The second-order valence-electron chi connectivity index (χ2n) is 9.54. The van der Waals surface area contributed by atoms with Crippen LogP contribution in [0.15, 0.2) is 145 Å². The number of fused-ring (bicyclic) bond motifs is 1. The molecule has 0 N–H and O–H groups in total. The van der Waals surface area contributed by atoms with E-state index in [9.17, 15) is 0 Å². The van der Waals surface area contributed by atoms with Crippen LogP contribution in [0.1, 0.15) is 23.6 Å². The van der Waals surface area contributed by atoms with E-state index < -0.39 is 0 Å². The minimum Gasteiger partial charge on any atom is -0.311 e. The molecule has 0 saturated carbocycles. The van der Waals surface area contributed by atoms with Gasteiger partial charge in [0.05, 0.1) is 22.0 Å². The van der Waals surface area contributed by atoms with E-state index in [0.29, 0.717) is 0 Å². The first-order valence-corrected chi connectivity index (χ1v) is 13.9. The average Bonchev–Trinajstić information content (AvgIpc) is 3.64. The van der Waals surface area contributed by atoms with E-state index in [-0.39, 0.29) is 6.04 Å². The van der Waals surface area contributed by atoms with Gasteiger partial charge in [0, 0.05) is 23.5 Å². The van der Waals surface area contributed by atoms with Gasteiger partial charge in [-0.2, -0.15) is 5.10 Å². The average molecular weight is 523 g/mol. The van der Waals surface area contributed by atoms with E-state index in [1.165, 1.54) is 10.3 Å². The van der Waals surface area contributed by atoms with Crippen molar-refractivity contribution in [3.8, 4) is 0 Å². The third kappa shape index (κ3) is 4.58. The Kier molecular flexibility index (Phi) is 6.11. The molecule has 0 spiro atoms. The Bertz CT molecular complexity index is 1660. The molecule has 5 heteroatoms. The van der Waals surface area contributed by atoms with Crippen molar-refractivity contribution in [1.82, 2.24) is 4.98 Å². The van der Waals surface area contributed by atoms with Crippen LogP contribution in [0.4, 0.5) is 22.2 Å². The normalized spacial score (nSPS) is 14.9. The minimum atomic E-state index is 0.0664. The van der Waals surface area contributed by atoms with Gasteiger partial charge in [-0.15, -0.1) is 0 Å². The number of anilines is 4. The lowest BCUT2D eigenvalue weighted by molar-refractivity contribution is 0.707. The van der Waals surface area contributed by atoms with Gasteiger partial charge < -0.3 is 4.90 Å². The third-order valence-electron chi connectivity index (χ3n) is 7.06. The Morgan fingerprint density at radius 1 is 0.615 bits per heavy atom. The molecule has 188 valence electrons. The Labute approximate surface area is 232 Å². The van der Waals surface area contributed by atoms with E-state index in [0.717, 1.165) is 45.4 Å². The monoisotopic (exact) mass is 522 g/mol. The number of hydrogen-bond donors (Lipinski definition) is 0. The van der Waals surface area contributed by atoms with Crippen LogP contribution in [-0.4, -0.2) is 10.7 Å². The van der Waals surface area contributed by atoms with Gasteiger partial charge in [0.25, 0.3) is 0 Å². The topological polar surface area (TPSA) is 31.7 Å². The fourth-order valence-corrected chi connectivity index (χ4v) is 6.12. The standard InChI is InChI=1S/C34H26N4S/c1-4-12-25(13-5-1)31-24-32(38(36-31)34-35-30-18-10-11-19-33(30)39-34)26-20-22-29(23-21-26)37(27-14-6-2-7-15-27)28-16-8-3-9-17-28/h1-23,32H,24H2. The van der Waals surface area contributed by atoms with Gasteiger partial charge in [0.15, 0.2) is 0 Å². The number of nitrogens with zero attached hydrogens (tertiary/aromatic N) is 4. The molecule has 0 radical (unpaired) electrons. The maximum atomic E-state index is 5.12. The van der Waals surface area contributed by atoms with Crippen molar-refractivity contribution in [3.05, 3.63) is 151 Å². The zero-order chi connectivity index (χ0) is 26.0. The Hall–Kier alpha value is -4.74. The molecule has 1 aliphatic rings. The summed E-state index contributed by atoms with van der Waals surface area (Å²) >= 11 is 1.69. The predicted octanol–water partition coefficient (Wildman–Crippen LogP) is 9.12. The fraction of sp³-hybridized carbons (Fsp3) is 0.0588. The third-order valence-corrected chi connectivity index (χ3v) is 8.09. The molecule has 0 saturated heterocycles. The number of hydrazone groups is 1. The zero-order valence-electron chi connectivity index (χ0n) is 21.3. The molecule has 1 aromatic heterocycles. The molecule has 1 atom stereocenters. The van der Waals surface area contributed by atoms with Gasteiger partial charge in [-0.05, 0) is 59.7 Å². The molecule has 1 aliphatic heterocycles. The molecule has 0 aliphatic carbocycles. The lowest BCUT2D eigenvalue weighted by Crippen LogP contribution is -2.18. The predicted molar refractivity (Wildman–Crippen MR) is 164 cm³/mol. The minimum absolute atomic E-state index is 0.0664. The van der Waals surface area contributed by atoms with Gasteiger partial charge in [-0.1, -0.05) is 102 Å². The Morgan fingerprint density at radius 3 is 1.82 bits per heavy atom. The summed E-state index contributed by atoms with van der Waals surface area (Å²) in [5, 5.41) is 8.16. The summed E-state index contributed by atoms with van der Waals surface area (Å²) in [6.07, 6.45) is 0.820. The van der Waals surface area contributed by atoms with Crippen molar-refractivity contribution in [2.45, 2.75) is 12.5 Å². The lowest BCUT2D eigenvalue weighted by Gasteiger charge is -2.26. The highest BCUT2D eigenvalue weighted by Crippen LogP contribution is 2.41. The van der Waals surface area contributed by atoms with Crippen LogP contribution in [0.5, 0.6) is 0 Å². The first-order valence-electron chi connectivity index (χ1n) is 13.1. The SMILES string of the molecule is c1ccc(C2=NN(c3nc4ccccc4s3)C(c3ccc(N(c4ccccc4)c4ccccc4)cc3)C2)cc1. The van der Waals surface area contributed by atoms with Gasteiger partial charge in [0.2, 0.25) is 5.13 Å². The van der Waals surface area contributed by atoms with Crippen LogP contribution in [-0.2, 0) is 0 Å². The number of benzene rings is 5. The van der Waals surface area contributed by atoms with Gasteiger partial charge in [-0.25, -0.2) is 9.99 Å². The maximum Gasteiger partial charge on any atom is 0.207 e. The van der Waals surface area contributed by atoms with E-state index in [2.05, 4.69) is 137 Å². The molecular weight excluding hydrogens is 496 g/mol. The zero-order valence-corrected chi connectivity index (χ0v) is 22.1. The highest BCUT2D eigenvalue weighted by Gasteiger charge is 2.32. The molecule has 0 amide bonds. The van der Waals surface area contributed by atoms with Gasteiger partial charge in [-0.3, -0.25) is 0 Å². The van der Waals surface area contributed by atoms with Crippen LogP contribution in [0.25, 0.3) is 10.2 Å². The van der Waals surface area contributed by atoms with Crippen LogP contribution < -0.4 is 9.91 Å². The molecule has 2 heterocycles. The summed E-state index contributed by atoms with van der Waals surface area (Å²) in [4.78, 5) is 7.24. The maximum absolute atomic E-state index is 5.12. The Balaban J connectivity index is 1.27. The molecule has 0 bridgehead atoms. The van der Waals surface area contributed by atoms with Gasteiger partial charge >= 0.3 is 0 Å². The van der Waals surface area contributed by atoms with Crippen molar-refractivity contribution >= 4 is 49.5 Å². The molecule has 4 nitrogen and oxygen atoms in total. The molecule has 5 aromatic carbocycles. The molecular formula is C34H26N4S. The van der Waals surface area contributed by atoms with Gasteiger partial charge in [0.1, 0.15) is 0 Å². The van der Waals surface area contributed by atoms with E-state index >= 15 is 0 Å². The van der Waals surface area contributed by atoms with E-state index in [1.54, 1.807) is 11.3 Å². The summed E-state index contributed by atoms with van der Waals surface area (Å²) in [6.45, 7) is 0. The molecule has 6 aromatic rings. The summed E-state index contributed by atoms with van der Waals surface area (Å²) < 4.78 is 1.17. The number of aromatic nitrogens is 1. The molecule has 7 rings (SSSR count). The number of para-hydroxylation sites is 3. The smallest absolute Gasteiger partial charge is 0.207 e.